The molecule has 0 aliphatic rings. The zero-order valence-electron chi connectivity index (χ0n) is 23.6. The van der Waals surface area contributed by atoms with Crippen LogP contribution in [0.25, 0.3) is 87.3 Å². The van der Waals surface area contributed by atoms with E-state index in [0.29, 0.717) is 11.3 Å². The van der Waals surface area contributed by atoms with Gasteiger partial charge in [-0.05, 0) is 79.6 Å². The maximum absolute atomic E-state index is 8.11. The smallest absolute Gasteiger partial charge is 0.230 e. The third-order valence-corrected chi connectivity index (χ3v) is 8.71. The second-order valence-electron chi connectivity index (χ2n) is 11.4. The standard InChI is InChI=1S/C39H24N2O2/c1-22-14-16-32-28(18-22)29-19-23(2)15-17-33(29)41(32)34-11-6-10-26-30-20-24(21-31(40-3)38(30)43-39(26)34)25-9-7-13-36-37(25)27-8-4-5-12-35(27)42-36/h4-21H,1-2H3. The molecule has 0 saturated carbocycles. The first-order valence-corrected chi connectivity index (χ1v) is 14.4. The summed E-state index contributed by atoms with van der Waals surface area (Å²) in [5.74, 6) is 0. The molecule has 0 bridgehead atoms. The highest BCUT2D eigenvalue weighted by molar-refractivity contribution is 6.17. The average molecular weight is 553 g/mol. The van der Waals surface area contributed by atoms with E-state index in [1.807, 2.05) is 36.4 Å². The van der Waals surface area contributed by atoms with Gasteiger partial charge in [-0.3, -0.25) is 0 Å². The van der Waals surface area contributed by atoms with Crippen molar-refractivity contribution in [3.8, 4) is 16.8 Å². The molecule has 0 N–H and O–H groups in total. The van der Waals surface area contributed by atoms with Crippen molar-refractivity contribution in [2.75, 3.05) is 0 Å². The fourth-order valence-electron chi connectivity index (χ4n) is 6.81. The van der Waals surface area contributed by atoms with Gasteiger partial charge in [-0.1, -0.05) is 65.7 Å². The van der Waals surface area contributed by atoms with Crippen molar-refractivity contribution in [1.29, 1.82) is 0 Å². The van der Waals surface area contributed by atoms with E-state index >= 15 is 0 Å². The zero-order chi connectivity index (χ0) is 28.8. The maximum Gasteiger partial charge on any atom is 0.230 e. The number of rotatable bonds is 2. The van der Waals surface area contributed by atoms with Crippen LogP contribution in [0, 0.1) is 20.4 Å². The SMILES string of the molecule is [C-]#[N+]c1cc(-c2cccc3oc4ccccc4c23)cc2c1oc1c(-n3c4ccc(C)cc4c4cc(C)ccc43)cccc12. The van der Waals surface area contributed by atoms with Crippen molar-refractivity contribution in [2.24, 2.45) is 0 Å². The van der Waals surface area contributed by atoms with Crippen molar-refractivity contribution >= 4 is 71.4 Å². The minimum Gasteiger partial charge on any atom is -0.465 e. The Morgan fingerprint density at radius 2 is 1.28 bits per heavy atom. The van der Waals surface area contributed by atoms with Gasteiger partial charge < -0.3 is 13.4 Å². The molecule has 9 rings (SSSR count). The molecule has 0 atom stereocenters. The van der Waals surface area contributed by atoms with Crippen molar-refractivity contribution in [2.45, 2.75) is 13.8 Å². The summed E-state index contributed by atoms with van der Waals surface area (Å²) in [6, 6.07) is 37.9. The van der Waals surface area contributed by atoms with Gasteiger partial charge in [-0.15, -0.1) is 0 Å². The molecule has 9 aromatic rings. The van der Waals surface area contributed by atoms with Crippen LogP contribution in [-0.4, -0.2) is 4.57 Å². The van der Waals surface area contributed by atoms with Gasteiger partial charge in [0.1, 0.15) is 16.7 Å². The van der Waals surface area contributed by atoms with Crippen LogP contribution in [0.1, 0.15) is 11.1 Å². The van der Waals surface area contributed by atoms with Crippen LogP contribution in [0.4, 0.5) is 5.69 Å². The van der Waals surface area contributed by atoms with Crippen LogP contribution >= 0.6 is 0 Å². The highest BCUT2D eigenvalue weighted by Gasteiger charge is 2.21. The van der Waals surface area contributed by atoms with Gasteiger partial charge in [0.05, 0.1) is 23.3 Å². The van der Waals surface area contributed by atoms with Crippen LogP contribution in [0.2, 0.25) is 0 Å². The van der Waals surface area contributed by atoms with E-state index in [1.54, 1.807) is 0 Å². The fraction of sp³-hybridized carbons (Fsp3) is 0.0513. The lowest BCUT2D eigenvalue weighted by molar-refractivity contribution is 0.668. The largest absolute Gasteiger partial charge is 0.465 e. The maximum atomic E-state index is 8.11. The highest BCUT2D eigenvalue weighted by Crippen LogP contribution is 2.44. The summed E-state index contributed by atoms with van der Waals surface area (Å²) in [6.45, 7) is 12.4. The summed E-state index contributed by atoms with van der Waals surface area (Å²) in [5, 5.41) is 6.47. The molecule has 0 aliphatic carbocycles. The summed E-state index contributed by atoms with van der Waals surface area (Å²) in [6.07, 6.45) is 0. The third kappa shape index (κ3) is 3.31. The van der Waals surface area contributed by atoms with E-state index in [2.05, 4.69) is 96.1 Å². The second-order valence-corrected chi connectivity index (χ2v) is 11.4. The van der Waals surface area contributed by atoms with E-state index in [9.17, 15) is 0 Å². The molecule has 4 nitrogen and oxygen atoms in total. The number of benzene rings is 6. The Morgan fingerprint density at radius 3 is 2.05 bits per heavy atom. The van der Waals surface area contributed by atoms with Crippen molar-refractivity contribution < 1.29 is 8.83 Å². The molecule has 0 amide bonds. The molecule has 3 aromatic heterocycles. The Kier molecular flexibility index (Phi) is 4.78. The van der Waals surface area contributed by atoms with Crippen LogP contribution in [0.3, 0.4) is 0 Å². The molecule has 4 heteroatoms. The topological polar surface area (TPSA) is 35.6 Å². The number of aryl methyl sites for hydroxylation is 2. The average Bonchev–Trinajstić information content (AvgIpc) is 3.70. The second kappa shape index (κ2) is 8.61. The van der Waals surface area contributed by atoms with E-state index in [-0.39, 0.29) is 0 Å². The molecular formula is C39H24N2O2. The summed E-state index contributed by atoms with van der Waals surface area (Å²) in [5.41, 5.74) is 11.2. The van der Waals surface area contributed by atoms with Crippen LogP contribution in [0.5, 0.6) is 0 Å². The molecule has 6 aromatic carbocycles. The molecule has 202 valence electrons. The van der Waals surface area contributed by atoms with Gasteiger partial charge in [0, 0.05) is 32.3 Å². The molecular weight excluding hydrogens is 528 g/mol. The first-order chi connectivity index (χ1) is 21.1. The summed E-state index contributed by atoms with van der Waals surface area (Å²) in [4.78, 5) is 3.95. The molecule has 0 spiro atoms. The normalized spacial score (nSPS) is 11.9. The number of furan rings is 2. The number of hydrogen-bond donors (Lipinski definition) is 0. The summed E-state index contributed by atoms with van der Waals surface area (Å²) < 4.78 is 15.1. The van der Waals surface area contributed by atoms with Crippen molar-refractivity contribution in [3.05, 3.63) is 132 Å². The summed E-state index contributed by atoms with van der Waals surface area (Å²) >= 11 is 0. The molecule has 0 fully saturated rings. The zero-order valence-corrected chi connectivity index (χ0v) is 23.6. The quantitative estimate of drug-likeness (QED) is 0.200. The number of hydrogen-bond acceptors (Lipinski definition) is 2. The number of fused-ring (bicyclic) bond motifs is 9. The van der Waals surface area contributed by atoms with Crippen LogP contribution in [-0.2, 0) is 0 Å². The molecule has 0 aliphatic heterocycles. The van der Waals surface area contributed by atoms with Gasteiger partial charge in [0.25, 0.3) is 0 Å². The third-order valence-electron chi connectivity index (χ3n) is 8.71. The number of nitrogens with zero attached hydrogens (tertiary/aromatic N) is 2. The van der Waals surface area contributed by atoms with Gasteiger partial charge >= 0.3 is 0 Å². The first-order valence-electron chi connectivity index (χ1n) is 14.4. The van der Waals surface area contributed by atoms with E-state index in [0.717, 1.165) is 66.1 Å². The van der Waals surface area contributed by atoms with Crippen molar-refractivity contribution in [3.63, 3.8) is 0 Å². The fourth-order valence-corrected chi connectivity index (χ4v) is 6.81. The highest BCUT2D eigenvalue weighted by atomic mass is 16.3. The lowest BCUT2D eigenvalue weighted by Gasteiger charge is -2.09. The Bertz CT molecular complexity index is 2600. The van der Waals surface area contributed by atoms with E-state index < -0.39 is 0 Å². The minimum atomic E-state index is 0.493. The van der Waals surface area contributed by atoms with Crippen molar-refractivity contribution in [1.82, 2.24) is 4.57 Å². The van der Waals surface area contributed by atoms with E-state index in [1.165, 1.54) is 21.9 Å². The molecule has 0 unspecified atom stereocenters. The number of para-hydroxylation sites is 2. The first kappa shape index (κ1) is 23.9. The van der Waals surface area contributed by atoms with Gasteiger partial charge in [-0.2, -0.15) is 0 Å². The summed E-state index contributed by atoms with van der Waals surface area (Å²) in [7, 11) is 0. The molecule has 43 heavy (non-hydrogen) atoms. The van der Waals surface area contributed by atoms with Crippen LogP contribution < -0.4 is 0 Å². The Hall–Kier alpha value is -5.79. The molecule has 0 saturated heterocycles. The lowest BCUT2D eigenvalue weighted by Crippen LogP contribution is -1.94. The lowest BCUT2D eigenvalue weighted by atomic mass is 9.97. The van der Waals surface area contributed by atoms with E-state index in [4.69, 9.17) is 15.4 Å². The Labute approximate surface area is 246 Å². The Morgan fingerprint density at radius 1 is 0.581 bits per heavy atom. The van der Waals surface area contributed by atoms with Gasteiger partial charge in [-0.25, -0.2) is 4.85 Å². The van der Waals surface area contributed by atoms with Crippen LogP contribution in [0.15, 0.2) is 118 Å². The predicted molar refractivity (Wildman–Crippen MR) is 177 cm³/mol. The Balaban J connectivity index is 1.36. The predicted octanol–water partition coefficient (Wildman–Crippen LogP) is 11.4. The minimum absolute atomic E-state index is 0.493. The number of aromatic nitrogens is 1. The molecule has 0 radical (unpaired) electrons. The van der Waals surface area contributed by atoms with Gasteiger partial charge in [0.2, 0.25) is 5.69 Å². The molecule has 3 heterocycles. The van der Waals surface area contributed by atoms with Gasteiger partial charge in [0.15, 0.2) is 5.58 Å². The monoisotopic (exact) mass is 552 g/mol.